The summed E-state index contributed by atoms with van der Waals surface area (Å²) in [6.07, 6.45) is 1.54. The average molecular weight is 444 g/mol. The molecule has 0 aliphatic heterocycles. The molecule has 0 spiro atoms. The van der Waals surface area contributed by atoms with Crippen LogP contribution in [0.1, 0.15) is 25.4 Å². The summed E-state index contributed by atoms with van der Waals surface area (Å²) in [4.78, 5) is 36.9. The van der Waals surface area contributed by atoms with Gasteiger partial charge in [0, 0.05) is 23.3 Å². The van der Waals surface area contributed by atoms with E-state index < -0.39 is 0 Å². The molecule has 0 radical (unpaired) electrons. The first kappa shape index (κ1) is 18.9. The fourth-order valence-electron chi connectivity index (χ4n) is 2.50. The van der Waals surface area contributed by atoms with E-state index in [1.165, 1.54) is 24.3 Å². The number of hydrogen-bond acceptors (Lipinski definition) is 6. The van der Waals surface area contributed by atoms with Crippen molar-refractivity contribution in [2.45, 2.75) is 13.8 Å². The highest BCUT2D eigenvalue weighted by molar-refractivity contribution is 9.10. The van der Waals surface area contributed by atoms with Crippen LogP contribution in [0.2, 0.25) is 0 Å². The summed E-state index contributed by atoms with van der Waals surface area (Å²) in [7, 11) is 0. The van der Waals surface area contributed by atoms with Gasteiger partial charge in [-0.3, -0.25) is 14.5 Å². The maximum atomic E-state index is 12.3. The van der Waals surface area contributed by atoms with Crippen LogP contribution < -0.4 is 10.5 Å². The van der Waals surface area contributed by atoms with Gasteiger partial charge in [0.25, 0.3) is 5.56 Å². The SMILES string of the molecule is CCN(C(C)=O)c1nc(/C=C(\C#N)c2nc3ccc(Br)cc3c(=O)[nH]2)cs1. The smallest absolute Gasteiger partial charge is 0.259 e. The van der Waals surface area contributed by atoms with Gasteiger partial charge in [-0.15, -0.1) is 11.3 Å². The van der Waals surface area contributed by atoms with Crippen LogP contribution >= 0.6 is 27.3 Å². The molecule has 2 aromatic heterocycles. The standard InChI is InChI=1S/C18H14BrN5O2S/c1-3-24(10(2)25)18-21-13(9-27-18)6-11(8-20)16-22-15-5-4-12(19)7-14(15)17(26)23-16/h4-7,9H,3H2,1-2H3,(H,22,23,26)/b11-6+. The lowest BCUT2D eigenvalue weighted by molar-refractivity contribution is -0.116. The van der Waals surface area contributed by atoms with Crippen molar-refractivity contribution >= 4 is 60.9 Å². The summed E-state index contributed by atoms with van der Waals surface area (Å²) < 4.78 is 0.770. The third-order valence-corrected chi connectivity index (χ3v) is 5.15. The van der Waals surface area contributed by atoms with Crippen LogP contribution in [0.15, 0.2) is 32.8 Å². The highest BCUT2D eigenvalue weighted by atomic mass is 79.9. The van der Waals surface area contributed by atoms with E-state index in [4.69, 9.17) is 0 Å². The van der Waals surface area contributed by atoms with Gasteiger partial charge in [0.05, 0.1) is 22.2 Å². The lowest BCUT2D eigenvalue weighted by atomic mass is 10.2. The zero-order valence-electron chi connectivity index (χ0n) is 14.5. The molecule has 0 saturated carbocycles. The number of aromatic nitrogens is 3. The van der Waals surface area contributed by atoms with Gasteiger partial charge < -0.3 is 4.98 Å². The first-order valence-electron chi connectivity index (χ1n) is 7.98. The van der Waals surface area contributed by atoms with Gasteiger partial charge in [0.15, 0.2) is 11.0 Å². The van der Waals surface area contributed by atoms with E-state index in [0.717, 1.165) is 4.47 Å². The summed E-state index contributed by atoms with van der Waals surface area (Å²) in [5, 5.41) is 12.3. The average Bonchev–Trinajstić information content (AvgIpc) is 3.08. The van der Waals surface area contributed by atoms with Crippen LogP contribution in [-0.4, -0.2) is 27.4 Å². The van der Waals surface area contributed by atoms with Crippen molar-refractivity contribution in [3.8, 4) is 6.07 Å². The van der Waals surface area contributed by atoms with Gasteiger partial charge in [-0.2, -0.15) is 5.26 Å². The molecule has 1 N–H and O–H groups in total. The number of nitrogens with zero attached hydrogens (tertiary/aromatic N) is 4. The number of hydrogen-bond donors (Lipinski definition) is 1. The van der Waals surface area contributed by atoms with Crippen LogP contribution in [0.5, 0.6) is 0 Å². The van der Waals surface area contributed by atoms with Gasteiger partial charge in [-0.25, -0.2) is 9.97 Å². The molecular weight excluding hydrogens is 430 g/mol. The summed E-state index contributed by atoms with van der Waals surface area (Å²) >= 11 is 4.63. The van der Waals surface area contributed by atoms with E-state index in [0.29, 0.717) is 28.3 Å². The molecule has 0 atom stereocenters. The number of halogens is 1. The molecule has 0 fully saturated rings. The molecule has 7 nitrogen and oxygen atoms in total. The topological polar surface area (TPSA) is 103 Å². The van der Waals surface area contributed by atoms with Crippen LogP contribution in [-0.2, 0) is 4.79 Å². The minimum atomic E-state index is -0.329. The first-order valence-corrected chi connectivity index (χ1v) is 9.65. The second-order valence-corrected chi connectivity index (χ2v) is 7.32. The summed E-state index contributed by atoms with van der Waals surface area (Å²) in [5.41, 5.74) is 0.861. The minimum Gasteiger partial charge on any atom is -0.305 e. The molecule has 2 heterocycles. The Labute approximate surface area is 167 Å². The number of amides is 1. The van der Waals surface area contributed by atoms with Gasteiger partial charge >= 0.3 is 0 Å². The van der Waals surface area contributed by atoms with Crippen molar-refractivity contribution in [2.75, 3.05) is 11.4 Å². The second-order valence-electron chi connectivity index (χ2n) is 5.56. The third kappa shape index (κ3) is 3.97. The van der Waals surface area contributed by atoms with Crippen molar-refractivity contribution < 1.29 is 4.79 Å². The number of H-pyrrole nitrogens is 1. The quantitative estimate of drug-likeness (QED) is 0.620. The number of nitrogens with one attached hydrogen (secondary N) is 1. The predicted octanol–water partition coefficient (Wildman–Crippen LogP) is 3.58. The van der Waals surface area contributed by atoms with Crippen LogP contribution in [0.4, 0.5) is 5.13 Å². The summed E-state index contributed by atoms with van der Waals surface area (Å²) in [6.45, 7) is 3.84. The normalized spacial score (nSPS) is 11.4. The van der Waals surface area contributed by atoms with E-state index in [-0.39, 0.29) is 22.9 Å². The van der Waals surface area contributed by atoms with Crippen LogP contribution in [0, 0.1) is 11.3 Å². The van der Waals surface area contributed by atoms with E-state index in [1.807, 2.05) is 13.0 Å². The lowest BCUT2D eigenvalue weighted by Gasteiger charge is -2.14. The number of fused-ring (bicyclic) bond motifs is 1. The van der Waals surface area contributed by atoms with E-state index in [9.17, 15) is 14.9 Å². The molecule has 3 rings (SSSR count). The third-order valence-electron chi connectivity index (χ3n) is 3.77. The molecule has 0 unspecified atom stereocenters. The summed E-state index contributed by atoms with van der Waals surface area (Å²) in [6, 6.07) is 7.21. The number of allylic oxidation sites excluding steroid dienone is 1. The van der Waals surface area contributed by atoms with E-state index in [1.54, 1.807) is 28.5 Å². The molecular formula is C18H14BrN5O2S. The number of anilines is 1. The summed E-state index contributed by atoms with van der Waals surface area (Å²) in [5.74, 6) is 0.0698. The van der Waals surface area contributed by atoms with Crippen molar-refractivity contribution in [1.29, 1.82) is 5.26 Å². The Morgan fingerprint density at radius 2 is 2.22 bits per heavy atom. The Morgan fingerprint density at radius 3 is 2.89 bits per heavy atom. The number of carbonyl (C=O) groups excluding carboxylic acids is 1. The van der Waals surface area contributed by atoms with Crippen LogP contribution in [0.25, 0.3) is 22.6 Å². The van der Waals surface area contributed by atoms with Crippen molar-refractivity contribution in [1.82, 2.24) is 15.0 Å². The Kier molecular flexibility index (Phi) is 5.48. The predicted molar refractivity (Wildman–Crippen MR) is 109 cm³/mol. The van der Waals surface area contributed by atoms with Crippen LogP contribution in [0.3, 0.4) is 0 Å². The number of rotatable bonds is 4. The minimum absolute atomic E-state index is 0.102. The van der Waals surface area contributed by atoms with Crippen molar-refractivity contribution in [3.63, 3.8) is 0 Å². The van der Waals surface area contributed by atoms with Gasteiger partial charge in [-0.1, -0.05) is 15.9 Å². The van der Waals surface area contributed by atoms with Gasteiger partial charge in [0.1, 0.15) is 6.07 Å². The molecule has 136 valence electrons. The number of nitriles is 1. The van der Waals surface area contributed by atoms with Gasteiger partial charge in [0.2, 0.25) is 5.91 Å². The number of thiazole rings is 1. The highest BCUT2D eigenvalue weighted by Crippen LogP contribution is 2.24. The molecule has 0 aliphatic carbocycles. The fraction of sp³-hybridized carbons (Fsp3) is 0.167. The fourth-order valence-corrected chi connectivity index (χ4v) is 3.75. The molecule has 27 heavy (non-hydrogen) atoms. The molecule has 0 bridgehead atoms. The number of aromatic amines is 1. The molecule has 0 saturated heterocycles. The Bertz CT molecular complexity index is 1160. The molecule has 1 aromatic carbocycles. The maximum absolute atomic E-state index is 12.3. The maximum Gasteiger partial charge on any atom is 0.259 e. The Balaban J connectivity index is 2.03. The number of carbonyl (C=O) groups is 1. The first-order chi connectivity index (χ1) is 12.9. The van der Waals surface area contributed by atoms with Crippen molar-refractivity contribution in [2.24, 2.45) is 0 Å². The number of benzene rings is 1. The lowest BCUT2D eigenvalue weighted by Crippen LogP contribution is -2.27. The van der Waals surface area contributed by atoms with E-state index in [2.05, 4.69) is 30.9 Å². The highest BCUT2D eigenvalue weighted by Gasteiger charge is 2.14. The van der Waals surface area contributed by atoms with Gasteiger partial charge in [-0.05, 0) is 31.2 Å². The van der Waals surface area contributed by atoms with Crippen molar-refractivity contribution in [3.05, 3.63) is 49.9 Å². The Morgan fingerprint density at radius 1 is 1.44 bits per heavy atom. The monoisotopic (exact) mass is 443 g/mol. The molecule has 3 aromatic rings. The zero-order valence-corrected chi connectivity index (χ0v) is 16.9. The molecule has 0 aliphatic rings. The second kappa shape index (κ2) is 7.82. The Hall–Kier alpha value is -2.83. The van der Waals surface area contributed by atoms with E-state index >= 15 is 0 Å². The largest absolute Gasteiger partial charge is 0.305 e. The zero-order chi connectivity index (χ0) is 19.6. The molecule has 1 amide bonds. The molecule has 9 heteroatoms.